The highest BCUT2D eigenvalue weighted by Crippen LogP contribution is 2.28. The van der Waals surface area contributed by atoms with Crippen LogP contribution in [0.2, 0.25) is 0 Å². The van der Waals surface area contributed by atoms with Gasteiger partial charge in [0.1, 0.15) is 11.9 Å². The van der Waals surface area contributed by atoms with Gasteiger partial charge in [-0.3, -0.25) is 0 Å². The molecule has 2 rings (SSSR count). The van der Waals surface area contributed by atoms with Gasteiger partial charge < -0.3 is 9.64 Å². The van der Waals surface area contributed by atoms with Crippen molar-refractivity contribution in [3.05, 3.63) is 5.82 Å². The Hall–Kier alpha value is -1.17. The van der Waals surface area contributed by atoms with E-state index in [2.05, 4.69) is 14.1 Å². The lowest BCUT2D eigenvalue weighted by atomic mass is 10.1. The molecule has 0 N–H and O–H groups in total. The van der Waals surface area contributed by atoms with E-state index in [1.807, 2.05) is 11.8 Å². The highest BCUT2D eigenvalue weighted by atomic mass is 32.1. The van der Waals surface area contributed by atoms with E-state index in [-0.39, 0.29) is 12.0 Å². The second-order valence-electron chi connectivity index (χ2n) is 3.15. The number of nitrogens with zero attached hydrogens (tertiary/aromatic N) is 3. The van der Waals surface area contributed by atoms with E-state index in [0.717, 1.165) is 23.9 Å². The molecule has 14 heavy (non-hydrogen) atoms. The average molecular weight is 213 g/mol. The van der Waals surface area contributed by atoms with Crippen molar-refractivity contribution in [1.82, 2.24) is 9.36 Å². The maximum atomic E-state index is 11.3. The number of carbonyl (C=O) groups is 1. The van der Waals surface area contributed by atoms with Crippen LogP contribution in [0, 0.1) is 6.92 Å². The summed E-state index contributed by atoms with van der Waals surface area (Å²) in [6.45, 7) is 2.70. The Labute approximate surface area is 85.9 Å². The monoisotopic (exact) mass is 213 g/mol. The molecule has 0 saturated carbocycles. The lowest BCUT2D eigenvalue weighted by molar-refractivity contribution is -0.143. The summed E-state index contributed by atoms with van der Waals surface area (Å²) in [6, 6.07) is -0.160. The number of hydrogen-bond acceptors (Lipinski definition) is 6. The summed E-state index contributed by atoms with van der Waals surface area (Å²) in [5.41, 5.74) is 0. The van der Waals surface area contributed by atoms with Crippen LogP contribution < -0.4 is 4.90 Å². The van der Waals surface area contributed by atoms with Crippen LogP contribution in [0.15, 0.2) is 0 Å². The third kappa shape index (κ3) is 1.45. The van der Waals surface area contributed by atoms with Gasteiger partial charge in [-0.15, -0.1) is 0 Å². The molecule has 1 fully saturated rings. The summed E-state index contributed by atoms with van der Waals surface area (Å²) in [5, 5.41) is 0.809. The van der Waals surface area contributed by atoms with Gasteiger partial charge in [-0.2, -0.15) is 4.37 Å². The zero-order valence-corrected chi connectivity index (χ0v) is 8.87. The van der Waals surface area contributed by atoms with Crippen LogP contribution in [0.4, 0.5) is 5.13 Å². The Morgan fingerprint density at radius 2 is 2.50 bits per heavy atom. The van der Waals surface area contributed by atoms with E-state index < -0.39 is 0 Å². The van der Waals surface area contributed by atoms with Crippen LogP contribution in [0.1, 0.15) is 12.2 Å². The summed E-state index contributed by atoms with van der Waals surface area (Å²) in [7, 11) is 1.41. The Balaban J connectivity index is 2.10. The first kappa shape index (κ1) is 9.39. The molecule has 1 aromatic heterocycles. The number of anilines is 1. The largest absolute Gasteiger partial charge is 0.467 e. The van der Waals surface area contributed by atoms with Crippen molar-refractivity contribution in [3.63, 3.8) is 0 Å². The van der Waals surface area contributed by atoms with Crippen LogP contribution in [-0.4, -0.2) is 35.0 Å². The van der Waals surface area contributed by atoms with Gasteiger partial charge in [-0.1, -0.05) is 0 Å². The fraction of sp³-hybridized carbons (Fsp3) is 0.625. The molecule has 1 unspecified atom stereocenters. The molecule has 1 aliphatic rings. The van der Waals surface area contributed by atoms with E-state index in [0.29, 0.717) is 0 Å². The van der Waals surface area contributed by atoms with Crippen LogP contribution in [0.3, 0.4) is 0 Å². The Bertz CT molecular complexity index is 352. The van der Waals surface area contributed by atoms with E-state index in [1.165, 1.54) is 18.6 Å². The summed E-state index contributed by atoms with van der Waals surface area (Å²) >= 11 is 1.32. The zero-order chi connectivity index (χ0) is 10.1. The molecule has 0 radical (unpaired) electrons. The van der Waals surface area contributed by atoms with Crippen molar-refractivity contribution in [2.45, 2.75) is 19.4 Å². The van der Waals surface area contributed by atoms with Gasteiger partial charge >= 0.3 is 5.97 Å². The summed E-state index contributed by atoms with van der Waals surface area (Å²) in [4.78, 5) is 17.4. The number of rotatable bonds is 2. The predicted octanol–water partition coefficient (Wildman–Crippen LogP) is 0.598. The first-order valence-corrected chi connectivity index (χ1v) is 5.14. The number of carbonyl (C=O) groups excluding carboxylic acids is 1. The van der Waals surface area contributed by atoms with Gasteiger partial charge in [-0.05, 0) is 13.3 Å². The van der Waals surface area contributed by atoms with Gasteiger partial charge in [0.15, 0.2) is 0 Å². The van der Waals surface area contributed by atoms with Crippen molar-refractivity contribution in [3.8, 4) is 0 Å². The van der Waals surface area contributed by atoms with Gasteiger partial charge in [-0.25, -0.2) is 9.78 Å². The molecule has 0 aromatic carbocycles. The zero-order valence-electron chi connectivity index (χ0n) is 8.06. The molecular weight excluding hydrogens is 202 g/mol. The average Bonchev–Trinajstić information content (AvgIpc) is 2.49. The number of methoxy groups -OCH3 is 1. The number of hydrogen-bond donors (Lipinski definition) is 0. The van der Waals surface area contributed by atoms with Gasteiger partial charge in [0, 0.05) is 18.1 Å². The molecule has 0 bridgehead atoms. The van der Waals surface area contributed by atoms with Crippen LogP contribution >= 0.6 is 11.5 Å². The van der Waals surface area contributed by atoms with Crippen LogP contribution in [0.5, 0.6) is 0 Å². The molecule has 2 heterocycles. The minimum absolute atomic E-state index is 0.160. The second-order valence-corrected chi connectivity index (χ2v) is 3.88. The maximum absolute atomic E-state index is 11.3. The summed E-state index contributed by atoms with van der Waals surface area (Å²) in [6.07, 6.45) is 0.839. The second kappa shape index (κ2) is 3.53. The Morgan fingerprint density at radius 3 is 2.93 bits per heavy atom. The smallest absolute Gasteiger partial charge is 0.328 e. The van der Waals surface area contributed by atoms with Gasteiger partial charge in [0.05, 0.1) is 7.11 Å². The maximum Gasteiger partial charge on any atom is 0.328 e. The third-order valence-electron chi connectivity index (χ3n) is 2.26. The first-order valence-electron chi connectivity index (χ1n) is 4.37. The number of aryl methyl sites for hydroxylation is 1. The van der Waals surface area contributed by atoms with Crippen molar-refractivity contribution in [1.29, 1.82) is 0 Å². The Kier molecular flexibility index (Phi) is 2.37. The van der Waals surface area contributed by atoms with Crippen molar-refractivity contribution in [2.75, 3.05) is 18.6 Å². The SMILES string of the molecule is COC(=O)C1CCN1c1nc(C)ns1. The van der Waals surface area contributed by atoms with E-state index in [9.17, 15) is 4.79 Å². The van der Waals surface area contributed by atoms with Gasteiger partial charge in [0.2, 0.25) is 5.13 Å². The Morgan fingerprint density at radius 1 is 1.71 bits per heavy atom. The molecule has 1 aliphatic heterocycles. The number of aromatic nitrogens is 2. The molecule has 0 aliphatic carbocycles. The predicted molar refractivity (Wildman–Crippen MR) is 52.4 cm³/mol. The van der Waals surface area contributed by atoms with Crippen molar-refractivity contribution >= 4 is 22.6 Å². The number of esters is 1. The summed E-state index contributed by atoms with van der Waals surface area (Å²) < 4.78 is 8.76. The number of ether oxygens (including phenoxy) is 1. The standard InChI is InChI=1S/C8H11N3O2S/c1-5-9-8(14-10-5)11-4-3-6(11)7(12)13-2/h6H,3-4H2,1-2H3. The molecule has 5 nitrogen and oxygen atoms in total. The normalized spacial score (nSPS) is 20.4. The van der Waals surface area contributed by atoms with E-state index >= 15 is 0 Å². The minimum Gasteiger partial charge on any atom is -0.467 e. The van der Waals surface area contributed by atoms with E-state index in [4.69, 9.17) is 0 Å². The highest BCUT2D eigenvalue weighted by molar-refractivity contribution is 7.09. The summed E-state index contributed by atoms with van der Waals surface area (Å²) in [5.74, 6) is 0.560. The lowest BCUT2D eigenvalue weighted by Crippen LogP contribution is -2.53. The van der Waals surface area contributed by atoms with Gasteiger partial charge in [0.25, 0.3) is 0 Å². The molecule has 6 heteroatoms. The first-order chi connectivity index (χ1) is 6.72. The molecule has 0 spiro atoms. The molecular formula is C8H11N3O2S. The minimum atomic E-state index is -0.191. The molecule has 0 amide bonds. The van der Waals surface area contributed by atoms with Crippen LogP contribution in [-0.2, 0) is 9.53 Å². The fourth-order valence-electron chi connectivity index (χ4n) is 1.40. The topological polar surface area (TPSA) is 55.3 Å². The molecule has 76 valence electrons. The molecule has 1 aromatic rings. The van der Waals surface area contributed by atoms with E-state index in [1.54, 1.807) is 0 Å². The molecule has 1 atom stereocenters. The van der Waals surface area contributed by atoms with Crippen molar-refractivity contribution in [2.24, 2.45) is 0 Å². The van der Waals surface area contributed by atoms with Crippen molar-refractivity contribution < 1.29 is 9.53 Å². The molecule has 1 saturated heterocycles. The fourth-order valence-corrected chi connectivity index (χ4v) is 2.15. The van der Waals surface area contributed by atoms with Crippen LogP contribution in [0.25, 0.3) is 0 Å². The third-order valence-corrected chi connectivity index (χ3v) is 3.10. The highest BCUT2D eigenvalue weighted by Gasteiger charge is 2.36. The quantitative estimate of drug-likeness (QED) is 0.673. The lowest BCUT2D eigenvalue weighted by Gasteiger charge is -2.38.